The van der Waals surface area contributed by atoms with E-state index >= 15 is 0 Å². The number of non-ortho nitro benzene ring substituents is 1. The van der Waals surface area contributed by atoms with Crippen molar-refractivity contribution < 1.29 is 9.76 Å². The third kappa shape index (κ3) is 2.50. The molecule has 1 aliphatic rings. The molecule has 1 atom stereocenters. The summed E-state index contributed by atoms with van der Waals surface area (Å²) in [5, 5.41) is 14.7. The van der Waals surface area contributed by atoms with Gasteiger partial charge in [-0.25, -0.2) is 0 Å². The van der Waals surface area contributed by atoms with E-state index in [1.54, 1.807) is 12.1 Å². The van der Waals surface area contributed by atoms with Gasteiger partial charge in [-0.2, -0.15) is 0 Å². The zero-order chi connectivity index (χ0) is 13.3. The normalized spacial score (nSPS) is 19.3. The van der Waals surface area contributed by atoms with Gasteiger partial charge in [-0.05, 0) is 17.7 Å². The second-order valence-corrected chi connectivity index (χ2v) is 5.43. The minimum Gasteiger partial charge on any atom is -0.387 e. The Kier molecular flexibility index (Phi) is 3.07. The van der Waals surface area contributed by atoms with E-state index in [4.69, 9.17) is 4.84 Å². The molecule has 1 aromatic carbocycles. The first-order valence-electron chi connectivity index (χ1n) is 5.85. The van der Waals surface area contributed by atoms with Gasteiger partial charge in [0, 0.05) is 24.0 Å². The fraction of sp³-hybridized carbons (Fsp3) is 0.462. The third-order valence-corrected chi connectivity index (χ3v) is 3.01. The summed E-state index contributed by atoms with van der Waals surface area (Å²) in [5.41, 5.74) is 2.03. The first-order chi connectivity index (χ1) is 8.38. The molecule has 18 heavy (non-hydrogen) atoms. The fourth-order valence-corrected chi connectivity index (χ4v) is 1.81. The van der Waals surface area contributed by atoms with Crippen LogP contribution in [0.2, 0.25) is 0 Å². The van der Waals surface area contributed by atoms with Crippen molar-refractivity contribution >= 4 is 11.4 Å². The highest BCUT2D eigenvalue weighted by Gasteiger charge is 2.30. The molecular formula is C13H16N2O3. The van der Waals surface area contributed by atoms with Crippen LogP contribution in [0.5, 0.6) is 0 Å². The Labute approximate surface area is 106 Å². The predicted molar refractivity (Wildman–Crippen MR) is 68.4 cm³/mol. The summed E-state index contributed by atoms with van der Waals surface area (Å²) in [7, 11) is 0. The highest BCUT2D eigenvalue weighted by molar-refractivity contribution is 5.90. The fourth-order valence-electron chi connectivity index (χ4n) is 1.81. The average molecular weight is 248 g/mol. The second kappa shape index (κ2) is 4.40. The molecule has 2 rings (SSSR count). The van der Waals surface area contributed by atoms with E-state index in [1.165, 1.54) is 12.1 Å². The largest absolute Gasteiger partial charge is 0.387 e. The van der Waals surface area contributed by atoms with Crippen molar-refractivity contribution in [2.24, 2.45) is 10.6 Å². The summed E-state index contributed by atoms with van der Waals surface area (Å²) >= 11 is 0. The van der Waals surface area contributed by atoms with Crippen LogP contribution in [0.1, 0.15) is 38.9 Å². The summed E-state index contributed by atoms with van der Waals surface area (Å²) in [6.45, 7) is 6.27. The molecule has 5 heteroatoms. The van der Waals surface area contributed by atoms with E-state index in [9.17, 15) is 10.1 Å². The summed E-state index contributed by atoms with van der Waals surface area (Å²) in [5.74, 6) is 0. The van der Waals surface area contributed by atoms with Gasteiger partial charge in [0.2, 0.25) is 0 Å². The molecule has 5 nitrogen and oxygen atoms in total. The molecular weight excluding hydrogens is 232 g/mol. The Hall–Kier alpha value is -1.91. The van der Waals surface area contributed by atoms with Gasteiger partial charge in [0.25, 0.3) is 5.69 Å². The minimum absolute atomic E-state index is 0.00444. The summed E-state index contributed by atoms with van der Waals surface area (Å²) < 4.78 is 0. The molecule has 1 heterocycles. The molecule has 1 unspecified atom stereocenters. The lowest BCUT2D eigenvalue weighted by molar-refractivity contribution is -0.384. The second-order valence-electron chi connectivity index (χ2n) is 5.43. The van der Waals surface area contributed by atoms with Crippen LogP contribution < -0.4 is 0 Å². The Morgan fingerprint density at radius 2 is 1.94 bits per heavy atom. The lowest BCUT2D eigenvalue weighted by Gasteiger charge is -2.16. The van der Waals surface area contributed by atoms with Crippen LogP contribution in [0.4, 0.5) is 5.69 Å². The van der Waals surface area contributed by atoms with Crippen LogP contribution in [0.15, 0.2) is 29.4 Å². The molecule has 0 bridgehead atoms. The van der Waals surface area contributed by atoms with Gasteiger partial charge in [-0.3, -0.25) is 10.1 Å². The van der Waals surface area contributed by atoms with E-state index < -0.39 is 4.92 Å². The van der Waals surface area contributed by atoms with Crippen LogP contribution >= 0.6 is 0 Å². The molecule has 0 amide bonds. The van der Waals surface area contributed by atoms with Gasteiger partial charge in [0.1, 0.15) is 0 Å². The average Bonchev–Trinajstić information content (AvgIpc) is 2.78. The molecule has 0 saturated heterocycles. The third-order valence-electron chi connectivity index (χ3n) is 3.01. The lowest BCUT2D eigenvalue weighted by atomic mass is 9.86. The topological polar surface area (TPSA) is 64.7 Å². The summed E-state index contributed by atoms with van der Waals surface area (Å²) in [6, 6.07) is 6.44. The number of nitro benzene ring substituents is 1. The minimum atomic E-state index is -0.406. The van der Waals surface area contributed by atoms with E-state index in [-0.39, 0.29) is 17.2 Å². The number of hydrogen-bond acceptors (Lipinski definition) is 4. The van der Waals surface area contributed by atoms with Crippen molar-refractivity contribution in [3.8, 4) is 0 Å². The van der Waals surface area contributed by atoms with E-state index in [1.807, 2.05) is 0 Å². The molecule has 0 fully saturated rings. The quantitative estimate of drug-likeness (QED) is 0.594. The zero-order valence-corrected chi connectivity index (χ0v) is 10.7. The predicted octanol–water partition coefficient (Wildman–Crippen LogP) is 3.46. The van der Waals surface area contributed by atoms with Crippen molar-refractivity contribution in [3.63, 3.8) is 0 Å². The Morgan fingerprint density at radius 3 is 2.39 bits per heavy atom. The maximum atomic E-state index is 10.6. The van der Waals surface area contributed by atoms with Crippen LogP contribution in [-0.4, -0.2) is 10.6 Å². The number of benzene rings is 1. The smallest absolute Gasteiger partial charge is 0.269 e. The van der Waals surface area contributed by atoms with Crippen molar-refractivity contribution in [1.29, 1.82) is 0 Å². The molecule has 0 N–H and O–H groups in total. The Bertz CT molecular complexity index is 486. The van der Waals surface area contributed by atoms with Crippen LogP contribution in [-0.2, 0) is 4.84 Å². The molecule has 1 aromatic rings. The standard InChI is InChI=1S/C13H16N2O3/c1-13(2,3)12-8-11(18-14-12)9-4-6-10(7-5-9)15(16)17/h4-7,11H,8H2,1-3H3. The zero-order valence-electron chi connectivity index (χ0n) is 10.7. The van der Waals surface area contributed by atoms with Gasteiger partial charge in [-0.15, -0.1) is 0 Å². The van der Waals surface area contributed by atoms with Crippen molar-refractivity contribution in [2.75, 3.05) is 0 Å². The number of nitro groups is 1. The van der Waals surface area contributed by atoms with E-state index in [2.05, 4.69) is 25.9 Å². The van der Waals surface area contributed by atoms with Gasteiger partial charge >= 0.3 is 0 Å². The van der Waals surface area contributed by atoms with Gasteiger partial charge in [-0.1, -0.05) is 25.9 Å². The molecule has 0 spiro atoms. The summed E-state index contributed by atoms with van der Waals surface area (Å²) in [6.07, 6.45) is 0.612. The molecule has 0 saturated carbocycles. The molecule has 0 aromatic heterocycles. The van der Waals surface area contributed by atoms with Crippen LogP contribution in [0.25, 0.3) is 0 Å². The van der Waals surface area contributed by atoms with E-state index in [0.29, 0.717) is 0 Å². The SMILES string of the molecule is CC(C)(C)C1=NOC(c2ccc([N+](=O)[O-])cc2)C1. The molecule has 96 valence electrons. The molecule has 0 aliphatic carbocycles. The van der Waals surface area contributed by atoms with Gasteiger partial charge in [0.05, 0.1) is 10.6 Å². The first kappa shape index (κ1) is 12.5. The summed E-state index contributed by atoms with van der Waals surface area (Å²) in [4.78, 5) is 15.6. The number of nitrogens with zero attached hydrogens (tertiary/aromatic N) is 2. The molecule has 1 aliphatic heterocycles. The van der Waals surface area contributed by atoms with Crippen molar-refractivity contribution in [2.45, 2.75) is 33.3 Å². The first-order valence-corrected chi connectivity index (χ1v) is 5.85. The highest BCUT2D eigenvalue weighted by Crippen LogP contribution is 2.34. The Morgan fingerprint density at radius 1 is 1.33 bits per heavy atom. The number of hydrogen-bond donors (Lipinski definition) is 0. The van der Waals surface area contributed by atoms with Crippen LogP contribution in [0.3, 0.4) is 0 Å². The monoisotopic (exact) mass is 248 g/mol. The van der Waals surface area contributed by atoms with Crippen molar-refractivity contribution in [3.05, 3.63) is 39.9 Å². The maximum Gasteiger partial charge on any atom is 0.269 e. The van der Waals surface area contributed by atoms with Gasteiger partial charge < -0.3 is 4.84 Å². The van der Waals surface area contributed by atoms with Crippen LogP contribution in [0, 0.1) is 15.5 Å². The maximum absolute atomic E-state index is 10.6. The number of oxime groups is 1. The van der Waals surface area contributed by atoms with Gasteiger partial charge in [0.15, 0.2) is 6.10 Å². The highest BCUT2D eigenvalue weighted by atomic mass is 16.6. The lowest BCUT2D eigenvalue weighted by Crippen LogP contribution is -2.18. The molecule has 0 radical (unpaired) electrons. The Balaban J connectivity index is 2.10. The van der Waals surface area contributed by atoms with E-state index in [0.717, 1.165) is 17.7 Å². The van der Waals surface area contributed by atoms with Crippen molar-refractivity contribution in [1.82, 2.24) is 0 Å². The number of rotatable bonds is 2.